The molecule has 0 unspecified atom stereocenters. The van der Waals surface area contributed by atoms with Gasteiger partial charge in [-0.1, -0.05) is 30.6 Å². The van der Waals surface area contributed by atoms with Crippen LogP contribution in [-0.4, -0.2) is 18.9 Å². The summed E-state index contributed by atoms with van der Waals surface area (Å²) < 4.78 is 16.4. The Morgan fingerprint density at radius 2 is 1.56 bits per heavy atom. The fraction of sp³-hybridized carbons (Fsp3) is 0.286. The van der Waals surface area contributed by atoms with Gasteiger partial charge in [0.1, 0.15) is 23.0 Å². The first kappa shape index (κ1) is 17.1. The van der Waals surface area contributed by atoms with Crippen LogP contribution in [0.4, 0.5) is 0 Å². The van der Waals surface area contributed by atoms with Gasteiger partial charge in [0.2, 0.25) is 0 Å². The maximum absolute atomic E-state index is 5.74. The van der Waals surface area contributed by atoms with Crippen molar-refractivity contribution in [2.45, 2.75) is 26.7 Å². The molecule has 0 spiro atoms. The lowest BCUT2D eigenvalue weighted by atomic mass is 9.99. The van der Waals surface area contributed by atoms with Gasteiger partial charge in [-0.25, -0.2) is 0 Å². The van der Waals surface area contributed by atoms with Gasteiger partial charge in [0.25, 0.3) is 0 Å². The van der Waals surface area contributed by atoms with Crippen LogP contribution >= 0.6 is 0 Å². The van der Waals surface area contributed by atoms with E-state index in [1.54, 1.807) is 7.11 Å². The van der Waals surface area contributed by atoms with Crippen LogP contribution in [-0.2, 0) is 0 Å². The maximum atomic E-state index is 5.74. The zero-order valence-corrected chi connectivity index (χ0v) is 14.9. The molecule has 4 heteroatoms. The van der Waals surface area contributed by atoms with E-state index >= 15 is 0 Å². The summed E-state index contributed by atoms with van der Waals surface area (Å²) in [6, 6.07) is 15.9. The number of unbranched alkanes of at least 4 members (excludes halogenated alkanes) is 1. The van der Waals surface area contributed by atoms with E-state index in [1.807, 2.05) is 55.5 Å². The van der Waals surface area contributed by atoms with Crippen LogP contribution < -0.4 is 9.47 Å². The number of aromatic nitrogens is 1. The van der Waals surface area contributed by atoms with Gasteiger partial charge < -0.3 is 14.0 Å². The van der Waals surface area contributed by atoms with Crippen LogP contribution in [0.5, 0.6) is 11.5 Å². The molecule has 0 radical (unpaired) electrons. The van der Waals surface area contributed by atoms with E-state index in [0.717, 1.165) is 59.1 Å². The minimum atomic E-state index is 0.749. The smallest absolute Gasteiger partial charge is 0.142 e. The third-order valence-electron chi connectivity index (χ3n) is 4.14. The molecule has 0 fully saturated rings. The van der Waals surface area contributed by atoms with E-state index in [2.05, 4.69) is 12.1 Å². The molecule has 130 valence electrons. The summed E-state index contributed by atoms with van der Waals surface area (Å²) in [6.45, 7) is 4.84. The molecule has 0 aliphatic carbocycles. The molecule has 0 atom stereocenters. The van der Waals surface area contributed by atoms with Crippen molar-refractivity contribution in [2.75, 3.05) is 13.7 Å². The van der Waals surface area contributed by atoms with E-state index in [4.69, 9.17) is 14.0 Å². The summed E-state index contributed by atoms with van der Waals surface area (Å²) in [5.41, 5.74) is 3.90. The topological polar surface area (TPSA) is 44.5 Å². The van der Waals surface area contributed by atoms with E-state index in [-0.39, 0.29) is 0 Å². The van der Waals surface area contributed by atoms with Gasteiger partial charge in [0.15, 0.2) is 0 Å². The van der Waals surface area contributed by atoms with Gasteiger partial charge in [-0.15, -0.1) is 0 Å². The largest absolute Gasteiger partial charge is 0.497 e. The van der Waals surface area contributed by atoms with Crippen molar-refractivity contribution in [3.8, 4) is 33.9 Å². The van der Waals surface area contributed by atoms with Crippen LogP contribution in [0, 0.1) is 6.92 Å². The summed E-state index contributed by atoms with van der Waals surface area (Å²) in [7, 11) is 1.66. The number of hydrogen-bond acceptors (Lipinski definition) is 4. The lowest BCUT2D eigenvalue weighted by molar-refractivity contribution is 0.309. The molecule has 3 rings (SSSR count). The van der Waals surface area contributed by atoms with E-state index < -0.39 is 0 Å². The quantitative estimate of drug-likeness (QED) is 0.534. The van der Waals surface area contributed by atoms with Crippen molar-refractivity contribution in [2.24, 2.45) is 0 Å². The lowest BCUT2D eigenvalue weighted by Gasteiger charge is -2.07. The number of benzene rings is 2. The Kier molecular flexibility index (Phi) is 5.39. The van der Waals surface area contributed by atoms with Crippen molar-refractivity contribution in [3.63, 3.8) is 0 Å². The van der Waals surface area contributed by atoms with Crippen molar-refractivity contribution >= 4 is 0 Å². The molecule has 25 heavy (non-hydrogen) atoms. The fourth-order valence-electron chi connectivity index (χ4n) is 2.71. The highest BCUT2D eigenvalue weighted by Crippen LogP contribution is 2.35. The van der Waals surface area contributed by atoms with Crippen LogP contribution in [0.2, 0.25) is 0 Å². The SMILES string of the molecule is CCCCOc1ccc(-c2c(-c3ccc(OC)cc3)noc2C)cc1. The number of aryl methyl sites for hydroxylation is 1. The first-order valence-electron chi connectivity index (χ1n) is 8.57. The highest BCUT2D eigenvalue weighted by Gasteiger charge is 2.16. The molecule has 2 aromatic carbocycles. The molecular weight excluding hydrogens is 314 g/mol. The molecule has 0 aliphatic heterocycles. The Balaban J connectivity index is 1.88. The standard InChI is InChI=1S/C21H23NO3/c1-4-5-14-24-19-12-6-16(7-13-19)20-15(2)25-22-21(20)17-8-10-18(23-3)11-9-17/h6-13H,4-5,14H2,1-3H3. The second kappa shape index (κ2) is 7.88. The van der Waals surface area contributed by atoms with Gasteiger partial charge >= 0.3 is 0 Å². The third kappa shape index (κ3) is 3.85. The zero-order valence-electron chi connectivity index (χ0n) is 14.9. The Morgan fingerprint density at radius 3 is 2.20 bits per heavy atom. The van der Waals surface area contributed by atoms with Crippen LogP contribution in [0.15, 0.2) is 53.1 Å². The molecule has 0 saturated carbocycles. The number of rotatable bonds is 7. The monoisotopic (exact) mass is 337 g/mol. The van der Waals surface area contributed by atoms with E-state index in [1.165, 1.54) is 0 Å². The molecule has 3 aromatic rings. The number of hydrogen-bond donors (Lipinski definition) is 0. The van der Waals surface area contributed by atoms with Crippen molar-refractivity contribution in [1.82, 2.24) is 5.16 Å². The lowest BCUT2D eigenvalue weighted by Crippen LogP contribution is -1.96. The first-order valence-corrected chi connectivity index (χ1v) is 8.57. The van der Waals surface area contributed by atoms with E-state index in [9.17, 15) is 0 Å². The van der Waals surface area contributed by atoms with Crippen LogP contribution in [0.25, 0.3) is 22.4 Å². The summed E-state index contributed by atoms with van der Waals surface area (Å²) in [5, 5.41) is 4.25. The Morgan fingerprint density at radius 1 is 0.920 bits per heavy atom. The molecule has 0 amide bonds. The van der Waals surface area contributed by atoms with E-state index in [0.29, 0.717) is 0 Å². The first-order chi connectivity index (χ1) is 12.2. The summed E-state index contributed by atoms with van der Waals surface area (Å²) >= 11 is 0. The Labute approximate surface area is 148 Å². The van der Waals surface area contributed by atoms with Crippen molar-refractivity contribution in [1.29, 1.82) is 0 Å². The second-order valence-electron chi connectivity index (χ2n) is 5.92. The predicted octanol–water partition coefficient (Wildman–Crippen LogP) is 5.50. The third-order valence-corrected chi connectivity index (χ3v) is 4.14. The maximum Gasteiger partial charge on any atom is 0.142 e. The van der Waals surface area contributed by atoms with Gasteiger partial charge in [-0.2, -0.15) is 0 Å². The van der Waals surface area contributed by atoms with Crippen molar-refractivity contribution in [3.05, 3.63) is 54.3 Å². The molecule has 0 bridgehead atoms. The number of nitrogens with zero attached hydrogens (tertiary/aromatic N) is 1. The number of ether oxygens (including phenoxy) is 2. The van der Waals surface area contributed by atoms with Crippen molar-refractivity contribution < 1.29 is 14.0 Å². The molecule has 4 nitrogen and oxygen atoms in total. The number of methoxy groups -OCH3 is 1. The molecule has 0 saturated heterocycles. The Bertz CT molecular complexity index is 804. The highest BCUT2D eigenvalue weighted by molar-refractivity contribution is 5.82. The normalized spacial score (nSPS) is 10.7. The molecule has 0 N–H and O–H groups in total. The molecule has 1 aromatic heterocycles. The summed E-state index contributed by atoms with van der Waals surface area (Å²) in [5.74, 6) is 2.50. The van der Waals surface area contributed by atoms with Crippen LogP contribution in [0.3, 0.4) is 0 Å². The summed E-state index contributed by atoms with van der Waals surface area (Å²) in [6.07, 6.45) is 2.19. The fourth-order valence-corrected chi connectivity index (χ4v) is 2.71. The van der Waals surface area contributed by atoms with Gasteiger partial charge in [-0.05, 0) is 55.3 Å². The molecular formula is C21H23NO3. The Hall–Kier alpha value is -2.75. The molecule has 0 aliphatic rings. The molecule has 1 heterocycles. The summed E-state index contributed by atoms with van der Waals surface area (Å²) in [4.78, 5) is 0. The van der Waals surface area contributed by atoms with Gasteiger partial charge in [0.05, 0.1) is 19.3 Å². The second-order valence-corrected chi connectivity index (χ2v) is 5.92. The highest BCUT2D eigenvalue weighted by atomic mass is 16.5. The minimum Gasteiger partial charge on any atom is -0.497 e. The van der Waals surface area contributed by atoms with Gasteiger partial charge in [-0.3, -0.25) is 0 Å². The average molecular weight is 337 g/mol. The van der Waals surface area contributed by atoms with Gasteiger partial charge in [0, 0.05) is 5.56 Å². The predicted molar refractivity (Wildman–Crippen MR) is 99.1 cm³/mol. The average Bonchev–Trinajstić information content (AvgIpc) is 3.04. The zero-order chi connectivity index (χ0) is 17.6. The van der Waals surface area contributed by atoms with Crippen LogP contribution in [0.1, 0.15) is 25.5 Å². The minimum absolute atomic E-state index is 0.749.